The summed E-state index contributed by atoms with van der Waals surface area (Å²) in [6, 6.07) is 2.04. The Labute approximate surface area is 82.3 Å². The standard InChI is InChI=1S/C9H12N4O/c1-7(2)13-6-8(5-11-13)12-9(14)3-4-10/h5-7H,3H2,1-2H3,(H,12,14). The first kappa shape index (κ1) is 10.3. The van der Waals surface area contributed by atoms with Gasteiger partial charge in [0.1, 0.15) is 6.42 Å². The van der Waals surface area contributed by atoms with E-state index < -0.39 is 0 Å². The molecule has 5 nitrogen and oxygen atoms in total. The van der Waals surface area contributed by atoms with E-state index in [0.717, 1.165) is 0 Å². The Morgan fingerprint density at radius 3 is 3.00 bits per heavy atom. The number of rotatable bonds is 3. The Morgan fingerprint density at radius 2 is 2.50 bits per heavy atom. The molecule has 0 radical (unpaired) electrons. The van der Waals surface area contributed by atoms with Crippen LogP contribution in [0.4, 0.5) is 5.69 Å². The first-order valence-electron chi connectivity index (χ1n) is 4.34. The number of nitrogens with one attached hydrogen (secondary N) is 1. The van der Waals surface area contributed by atoms with Crippen LogP contribution in [0.1, 0.15) is 26.3 Å². The zero-order valence-corrected chi connectivity index (χ0v) is 8.19. The van der Waals surface area contributed by atoms with Crippen LogP contribution in [0.5, 0.6) is 0 Å². The number of nitrogens with zero attached hydrogens (tertiary/aromatic N) is 3. The van der Waals surface area contributed by atoms with Crippen LogP contribution in [0.2, 0.25) is 0 Å². The van der Waals surface area contributed by atoms with Crippen molar-refractivity contribution in [2.45, 2.75) is 26.3 Å². The van der Waals surface area contributed by atoms with Crippen LogP contribution >= 0.6 is 0 Å². The minimum atomic E-state index is -0.309. The normalized spacial score (nSPS) is 9.86. The molecule has 0 aliphatic carbocycles. The first-order valence-corrected chi connectivity index (χ1v) is 4.34. The lowest BCUT2D eigenvalue weighted by atomic mass is 10.4. The van der Waals surface area contributed by atoms with Gasteiger partial charge in [-0.15, -0.1) is 0 Å². The average Bonchev–Trinajstić information content (AvgIpc) is 2.53. The van der Waals surface area contributed by atoms with E-state index in [1.165, 1.54) is 0 Å². The van der Waals surface area contributed by atoms with E-state index in [0.29, 0.717) is 5.69 Å². The van der Waals surface area contributed by atoms with Crippen molar-refractivity contribution in [1.29, 1.82) is 5.26 Å². The number of carbonyl (C=O) groups is 1. The third-order valence-electron chi connectivity index (χ3n) is 1.65. The predicted octanol–water partition coefficient (Wildman–Crippen LogP) is 1.32. The van der Waals surface area contributed by atoms with E-state index in [9.17, 15) is 4.79 Å². The zero-order chi connectivity index (χ0) is 10.6. The fraction of sp³-hybridized carbons (Fsp3) is 0.444. The SMILES string of the molecule is CC(C)n1cc(NC(=O)CC#N)cn1. The number of aromatic nitrogens is 2. The van der Waals surface area contributed by atoms with Gasteiger partial charge in [0, 0.05) is 12.2 Å². The van der Waals surface area contributed by atoms with Gasteiger partial charge in [-0.25, -0.2) is 0 Å². The van der Waals surface area contributed by atoms with Crippen LogP contribution in [-0.4, -0.2) is 15.7 Å². The summed E-state index contributed by atoms with van der Waals surface area (Å²) in [7, 11) is 0. The molecule has 0 spiro atoms. The van der Waals surface area contributed by atoms with Gasteiger partial charge in [0.25, 0.3) is 0 Å². The molecule has 5 heteroatoms. The molecule has 0 aliphatic rings. The van der Waals surface area contributed by atoms with Gasteiger partial charge in [-0.2, -0.15) is 10.4 Å². The van der Waals surface area contributed by atoms with Crippen molar-refractivity contribution in [3.8, 4) is 6.07 Å². The summed E-state index contributed by atoms with van der Waals surface area (Å²) in [5.74, 6) is -0.309. The second-order valence-corrected chi connectivity index (χ2v) is 3.19. The highest BCUT2D eigenvalue weighted by atomic mass is 16.1. The second-order valence-electron chi connectivity index (χ2n) is 3.19. The first-order chi connectivity index (χ1) is 6.63. The van der Waals surface area contributed by atoms with Crippen molar-refractivity contribution >= 4 is 11.6 Å². The van der Waals surface area contributed by atoms with Crippen LogP contribution in [0.3, 0.4) is 0 Å². The molecule has 1 heterocycles. The van der Waals surface area contributed by atoms with Gasteiger partial charge in [0.15, 0.2) is 0 Å². The summed E-state index contributed by atoms with van der Waals surface area (Å²) in [4.78, 5) is 11.0. The molecule has 1 amide bonds. The molecule has 1 aromatic rings. The minimum absolute atomic E-state index is 0.132. The third-order valence-corrected chi connectivity index (χ3v) is 1.65. The lowest BCUT2D eigenvalue weighted by Gasteiger charge is -2.03. The monoisotopic (exact) mass is 192 g/mol. The molecule has 0 saturated carbocycles. The highest BCUT2D eigenvalue weighted by molar-refractivity contribution is 5.91. The fourth-order valence-electron chi connectivity index (χ4n) is 0.962. The molecule has 1 aromatic heterocycles. The molecule has 0 unspecified atom stereocenters. The van der Waals surface area contributed by atoms with Crippen molar-refractivity contribution in [2.75, 3.05) is 5.32 Å². The predicted molar refractivity (Wildman–Crippen MR) is 51.5 cm³/mol. The van der Waals surface area contributed by atoms with E-state index in [1.807, 2.05) is 13.8 Å². The van der Waals surface area contributed by atoms with E-state index in [-0.39, 0.29) is 18.4 Å². The molecule has 0 aromatic carbocycles. The van der Waals surface area contributed by atoms with Crippen LogP contribution in [0.15, 0.2) is 12.4 Å². The molecule has 0 bridgehead atoms. The molecule has 14 heavy (non-hydrogen) atoms. The summed E-state index contributed by atoms with van der Waals surface area (Å²) in [5, 5.41) is 14.9. The molecule has 0 fully saturated rings. The largest absolute Gasteiger partial charge is 0.323 e. The smallest absolute Gasteiger partial charge is 0.238 e. The topological polar surface area (TPSA) is 70.7 Å². The Balaban J connectivity index is 2.61. The number of hydrogen-bond acceptors (Lipinski definition) is 3. The van der Waals surface area contributed by atoms with E-state index in [4.69, 9.17) is 5.26 Å². The molecule has 1 rings (SSSR count). The van der Waals surface area contributed by atoms with Crippen LogP contribution in [0.25, 0.3) is 0 Å². The zero-order valence-electron chi connectivity index (χ0n) is 8.19. The van der Waals surface area contributed by atoms with Crippen molar-refractivity contribution in [3.63, 3.8) is 0 Å². The van der Waals surface area contributed by atoms with Gasteiger partial charge in [-0.3, -0.25) is 9.48 Å². The quantitative estimate of drug-likeness (QED) is 0.785. The Kier molecular flexibility index (Phi) is 3.24. The van der Waals surface area contributed by atoms with Crippen LogP contribution < -0.4 is 5.32 Å². The Bertz CT molecular complexity index is 361. The maximum Gasteiger partial charge on any atom is 0.238 e. The molecule has 0 atom stereocenters. The maximum atomic E-state index is 11.0. The number of carbonyl (C=O) groups excluding carboxylic acids is 1. The van der Waals surface area contributed by atoms with Crippen LogP contribution in [-0.2, 0) is 4.79 Å². The second kappa shape index (κ2) is 4.42. The van der Waals surface area contributed by atoms with Gasteiger partial charge in [0.2, 0.25) is 5.91 Å². The van der Waals surface area contributed by atoms with Gasteiger partial charge in [0.05, 0.1) is 18.0 Å². The van der Waals surface area contributed by atoms with Gasteiger partial charge in [-0.05, 0) is 13.8 Å². The fourth-order valence-corrected chi connectivity index (χ4v) is 0.962. The van der Waals surface area contributed by atoms with Gasteiger partial charge < -0.3 is 5.32 Å². The Morgan fingerprint density at radius 1 is 1.79 bits per heavy atom. The molecule has 0 saturated heterocycles. The highest BCUT2D eigenvalue weighted by Crippen LogP contribution is 2.09. The molecular formula is C9H12N4O. The van der Waals surface area contributed by atoms with Crippen molar-refractivity contribution in [1.82, 2.24) is 9.78 Å². The van der Waals surface area contributed by atoms with E-state index >= 15 is 0 Å². The van der Waals surface area contributed by atoms with Gasteiger partial charge >= 0.3 is 0 Å². The molecule has 74 valence electrons. The summed E-state index contributed by atoms with van der Waals surface area (Å²) in [5.41, 5.74) is 0.624. The maximum absolute atomic E-state index is 11.0. The summed E-state index contributed by atoms with van der Waals surface area (Å²) < 4.78 is 1.74. The lowest BCUT2D eigenvalue weighted by molar-refractivity contribution is -0.115. The highest BCUT2D eigenvalue weighted by Gasteiger charge is 2.04. The number of amides is 1. The number of nitriles is 1. The molecule has 0 aliphatic heterocycles. The molecule has 1 N–H and O–H groups in total. The number of anilines is 1. The average molecular weight is 192 g/mol. The molecular weight excluding hydrogens is 180 g/mol. The summed E-state index contributed by atoms with van der Waals surface area (Å²) in [6.07, 6.45) is 3.17. The van der Waals surface area contributed by atoms with E-state index in [1.54, 1.807) is 23.1 Å². The van der Waals surface area contributed by atoms with Crippen molar-refractivity contribution in [2.24, 2.45) is 0 Å². The lowest BCUT2D eigenvalue weighted by Crippen LogP contribution is -2.09. The minimum Gasteiger partial charge on any atom is -0.323 e. The Hall–Kier alpha value is -1.83. The van der Waals surface area contributed by atoms with Gasteiger partial charge in [-0.1, -0.05) is 0 Å². The van der Waals surface area contributed by atoms with E-state index in [2.05, 4.69) is 10.4 Å². The van der Waals surface area contributed by atoms with Crippen molar-refractivity contribution in [3.05, 3.63) is 12.4 Å². The third kappa shape index (κ3) is 2.59. The van der Waals surface area contributed by atoms with Crippen LogP contribution in [0, 0.1) is 11.3 Å². The number of hydrogen-bond donors (Lipinski definition) is 1. The summed E-state index contributed by atoms with van der Waals surface area (Å²) in [6.45, 7) is 3.99. The van der Waals surface area contributed by atoms with Crippen molar-refractivity contribution < 1.29 is 4.79 Å². The summed E-state index contributed by atoms with van der Waals surface area (Å²) >= 11 is 0.